The molecule has 2 aromatic carbocycles. The van der Waals surface area contributed by atoms with Gasteiger partial charge in [0.2, 0.25) is 5.95 Å². The van der Waals surface area contributed by atoms with Gasteiger partial charge in [0, 0.05) is 18.8 Å². The van der Waals surface area contributed by atoms with Gasteiger partial charge >= 0.3 is 17.3 Å². The fourth-order valence-corrected chi connectivity index (χ4v) is 3.16. The molecule has 0 saturated heterocycles. The summed E-state index contributed by atoms with van der Waals surface area (Å²) in [5.74, 6) is 0.336. The van der Waals surface area contributed by atoms with Crippen LogP contribution in [0.15, 0.2) is 64.2 Å². The van der Waals surface area contributed by atoms with Crippen molar-refractivity contribution >= 4 is 11.6 Å². The Hall–Kier alpha value is -3.36. The number of alkyl halides is 3. The molecule has 3 aromatic rings. The van der Waals surface area contributed by atoms with E-state index in [2.05, 4.69) is 5.10 Å². The molecule has 1 aliphatic rings. The Morgan fingerprint density at radius 1 is 0.893 bits per heavy atom. The first-order valence-electron chi connectivity index (χ1n) is 8.55. The number of fused-ring (bicyclic) bond motifs is 1. The lowest BCUT2D eigenvalue weighted by molar-refractivity contribution is -0.137. The first-order chi connectivity index (χ1) is 13.3. The van der Waals surface area contributed by atoms with Gasteiger partial charge in [-0.25, -0.2) is 4.68 Å². The second-order valence-electron chi connectivity index (χ2n) is 6.40. The number of halogens is 3. The number of rotatable bonds is 3. The van der Waals surface area contributed by atoms with Gasteiger partial charge < -0.3 is 4.90 Å². The molecule has 0 aliphatic carbocycles. The Balaban J connectivity index is 1.71. The van der Waals surface area contributed by atoms with Crippen LogP contribution in [0.5, 0.6) is 0 Å². The van der Waals surface area contributed by atoms with Crippen LogP contribution >= 0.6 is 0 Å². The van der Waals surface area contributed by atoms with Gasteiger partial charge in [-0.15, -0.1) is 5.10 Å². The van der Waals surface area contributed by atoms with Gasteiger partial charge in [0.1, 0.15) is 0 Å². The molecule has 0 bridgehead atoms. The third-order valence-electron chi connectivity index (χ3n) is 4.58. The third kappa shape index (κ3) is 3.19. The topological polar surface area (TPSA) is 60.1 Å². The number of nitrogens with zero attached hydrogens (tertiary/aromatic N) is 4. The molecule has 0 N–H and O–H groups in total. The maximum Gasteiger partial charge on any atom is 0.416 e. The SMILES string of the molecule is O=c1c(=O)n2c(nn1Cc1ccc(C(F)(F)F)cc1)N(c1ccccc1)CC2. The number of benzene rings is 2. The summed E-state index contributed by atoms with van der Waals surface area (Å²) in [6.45, 7) is 0.741. The zero-order valence-corrected chi connectivity index (χ0v) is 14.6. The Morgan fingerprint density at radius 2 is 1.57 bits per heavy atom. The highest BCUT2D eigenvalue weighted by Gasteiger charge is 2.30. The quantitative estimate of drug-likeness (QED) is 0.648. The van der Waals surface area contributed by atoms with Crippen molar-refractivity contribution < 1.29 is 13.2 Å². The van der Waals surface area contributed by atoms with Gasteiger partial charge in [0.05, 0.1) is 12.1 Å². The molecule has 0 atom stereocenters. The minimum absolute atomic E-state index is 0.0946. The van der Waals surface area contributed by atoms with Gasteiger partial charge in [-0.05, 0) is 29.8 Å². The second kappa shape index (κ2) is 6.66. The summed E-state index contributed by atoms with van der Waals surface area (Å²) in [5.41, 5.74) is -1.01. The molecule has 9 heteroatoms. The predicted octanol–water partition coefficient (Wildman–Crippen LogP) is 2.62. The lowest BCUT2D eigenvalue weighted by Gasteiger charge is -2.17. The van der Waals surface area contributed by atoms with E-state index in [0.29, 0.717) is 24.6 Å². The maximum atomic E-state index is 12.7. The number of hydrogen-bond acceptors (Lipinski definition) is 4. The molecule has 28 heavy (non-hydrogen) atoms. The van der Waals surface area contributed by atoms with Crippen molar-refractivity contribution in [3.8, 4) is 0 Å². The van der Waals surface area contributed by atoms with Crippen molar-refractivity contribution in [2.45, 2.75) is 19.3 Å². The van der Waals surface area contributed by atoms with Crippen LogP contribution in [0.2, 0.25) is 0 Å². The van der Waals surface area contributed by atoms with E-state index in [1.54, 1.807) is 0 Å². The van der Waals surface area contributed by atoms with Crippen molar-refractivity contribution in [3.63, 3.8) is 0 Å². The van der Waals surface area contributed by atoms with Crippen LogP contribution in [0.4, 0.5) is 24.8 Å². The molecule has 2 heterocycles. The Morgan fingerprint density at radius 3 is 2.21 bits per heavy atom. The molecule has 0 radical (unpaired) electrons. The average Bonchev–Trinajstić information content (AvgIpc) is 3.10. The van der Waals surface area contributed by atoms with Crippen LogP contribution in [0, 0.1) is 0 Å². The zero-order valence-electron chi connectivity index (χ0n) is 14.6. The fraction of sp³-hybridized carbons (Fsp3) is 0.211. The highest BCUT2D eigenvalue weighted by Crippen LogP contribution is 2.29. The van der Waals surface area contributed by atoms with Crippen molar-refractivity contribution in [1.29, 1.82) is 0 Å². The number of anilines is 2. The molecule has 0 spiro atoms. The van der Waals surface area contributed by atoms with Crippen LogP contribution in [0.25, 0.3) is 0 Å². The van der Waals surface area contributed by atoms with Crippen LogP contribution in [-0.4, -0.2) is 20.9 Å². The van der Waals surface area contributed by atoms with Crippen LogP contribution in [0.1, 0.15) is 11.1 Å². The van der Waals surface area contributed by atoms with Crippen molar-refractivity contribution in [2.75, 3.05) is 11.4 Å². The van der Waals surface area contributed by atoms with E-state index in [9.17, 15) is 22.8 Å². The molecule has 1 aliphatic heterocycles. The summed E-state index contributed by atoms with van der Waals surface area (Å²) in [7, 11) is 0. The predicted molar refractivity (Wildman–Crippen MR) is 96.8 cm³/mol. The monoisotopic (exact) mass is 388 g/mol. The zero-order chi connectivity index (χ0) is 19.9. The molecule has 6 nitrogen and oxygen atoms in total. The molecule has 0 unspecified atom stereocenters. The molecule has 0 amide bonds. The van der Waals surface area contributed by atoms with E-state index in [0.717, 1.165) is 22.5 Å². The number of para-hydroxylation sites is 1. The van der Waals surface area contributed by atoms with Crippen molar-refractivity contribution in [2.24, 2.45) is 0 Å². The average molecular weight is 388 g/mol. The number of hydrogen-bond donors (Lipinski definition) is 0. The highest BCUT2D eigenvalue weighted by atomic mass is 19.4. The highest BCUT2D eigenvalue weighted by molar-refractivity contribution is 5.58. The smallest absolute Gasteiger partial charge is 0.309 e. The summed E-state index contributed by atoms with van der Waals surface area (Å²) < 4.78 is 40.4. The lowest BCUT2D eigenvalue weighted by Crippen LogP contribution is -2.42. The van der Waals surface area contributed by atoms with E-state index in [-0.39, 0.29) is 6.54 Å². The van der Waals surface area contributed by atoms with Crippen LogP contribution in [-0.2, 0) is 19.3 Å². The van der Waals surface area contributed by atoms with Gasteiger partial charge in [0.15, 0.2) is 0 Å². The fourth-order valence-electron chi connectivity index (χ4n) is 3.16. The van der Waals surface area contributed by atoms with E-state index in [1.807, 2.05) is 35.2 Å². The maximum absolute atomic E-state index is 12.7. The summed E-state index contributed by atoms with van der Waals surface area (Å²) in [5, 5.41) is 4.31. The Kier molecular flexibility index (Phi) is 4.29. The summed E-state index contributed by atoms with van der Waals surface area (Å²) in [6.07, 6.45) is -4.43. The summed E-state index contributed by atoms with van der Waals surface area (Å²) >= 11 is 0. The Bertz CT molecular complexity index is 1120. The molecular weight excluding hydrogens is 373 g/mol. The standard InChI is InChI=1S/C19H15F3N4O2/c20-19(21,22)14-8-6-13(7-9-14)12-26-17(28)16(27)25-11-10-24(18(25)23-26)15-4-2-1-3-5-15/h1-9H,10-12H2. The lowest BCUT2D eigenvalue weighted by atomic mass is 10.1. The van der Waals surface area contributed by atoms with Crippen LogP contribution < -0.4 is 16.0 Å². The van der Waals surface area contributed by atoms with Gasteiger partial charge in [-0.2, -0.15) is 13.2 Å². The normalized spacial score (nSPS) is 13.6. The largest absolute Gasteiger partial charge is 0.416 e. The molecule has 0 fully saturated rings. The summed E-state index contributed by atoms with van der Waals surface area (Å²) in [6, 6.07) is 13.7. The van der Waals surface area contributed by atoms with Crippen LogP contribution in [0.3, 0.4) is 0 Å². The van der Waals surface area contributed by atoms with Crippen molar-refractivity contribution in [3.05, 3.63) is 86.4 Å². The molecule has 4 rings (SSSR count). The molecule has 0 saturated carbocycles. The minimum Gasteiger partial charge on any atom is -0.309 e. The molecule has 144 valence electrons. The minimum atomic E-state index is -4.43. The second-order valence-corrected chi connectivity index (χ2v) is 6.40. The van der Waals surface area contributed by atoms with Gasteiger partial charge in [-0.3, -0.25) is 14.2 Å². The van der Waals surface area contributed by atoms with E-state index in [4.69, 9.17) is 0 Å². The Labute approximate surface area is 157 Å². The van der Waals surface area contributed by atoms with E-state index in [1.165, 1.54) is 16.7 Å². The van der Waals surface area contributed by atoms with Gasteiger partial charge in [-0.1, -0.05) is 30.3 Å². The first-order valence-corrected chi connectivity index (χ1v) is 8.55. The summed E-state index contributed by atoms with van der Waals surface area (Å²) in [4.78, 5) is 26.6. The first kappa shape index (κ1) is 18.0. The van der Waals surface area contributed by atoms with E-state index < -0.39 is 22.9 Å². The van der Waals surface area contributed by atoms with E-state index >= 15 is 0 Å². The van der Waals surface area contributed by atoms with Gasteiger partial charge in [0.25, 0.3) is 0 Å². The molecular formula is C19H15F3N4O2. The molecule has 1 aromatic heterocycles. The number of aromatic nitrogens is 3. The van der Waals surface area contributed by atoms with Crippen molar-refractivity contribution in [1.82, 2.24) is 14.3 Å². The third-order valence-corrected chi connectivity index (χ3v) is 4.58.